The molecule has 2 aromatic heterocycles. The van der Waals surface area contributed by atoms with E-state index in [1.165, 1.54) is 28.9 Å². The number of aromatic nitrogens is 4. The fraction of sp³-hybridized carbons (Fsp3) is 0.739. The number of hydrogen-bond acceptors (Lipinski definition) is 5. The Labute approximate surface area is 194 Å². The van der Waals surface area contributed by atoms with Gasteiger partial charge in [0.2, 0.25) is 5.91 Å². The Balaban J connectivity index is 1.39. The molecule has 2 aliphatic carbocycles. The first-order valence-corrected chi connectivity index (χ1v) is 12.0. The van der Waals surface area contributed by atoms with E-state index in [0.29, 0.717) is 23.9 Å². The van der Waals surface area contributed by atoms with Gasteiger partial charge in [0.05, 0.1) is 30.8 Å². The molecule has 0 radical (unpaired) electrons. The van der Waals surface area contributed by atoms with Gasteiger partial charge in [0, 0.05) is 24.4 Å². The van der Waals surface area contributed by atoms with E-state index in [0.717, 1.165) is 25.7 Å². The third-order valence-electron chi connectivity index (χ3n) is 8.01. The van der Waals surface area contributed by atoms with Crippen molar-refractivity contribution in [2.75, 3.05) is 13.1 Å². The molecule has 1 N–H and O–H groups in total. The number of fused-ring (bicyclic) bond motifs is 1. The average Bonchev–Trinajstić information content (AvgIpc) is 3.33. The van der Waals surface area contributed by atoms with Gasteiger partial charge in [-0.1, -0.05) is 19.8 Å². The van der Waals surface area contributed by atoms with Crippen LogP contribution in [0.5, 0.6) is 0 Å². The molecule has 1 amide bonds. The highest BCUT2D eigenvalue weighted by molar-refractivity contribution is 5.78. The van der Waals surface area contributed by atoms with Gasteiger partial charge in [0.25, 0.3) is 5.56 Å². The van der Waals surface area contributed by atoms with Crippen LogP contribution in [0.3, 0.4) is 0 Å². The van der Waals surface area contributed by atoms with Gasteiger partial charge in [-0.25, -0.2) is 9.67 Å². The van der Waals surface area contributed by atoms with Crippen molar-refractivity contribution in [1.29, 1.82) is 0 Å². The van der Waals surface area contributed by atoms with E-state index in [-0.39, 0.29) is 37.7 Å². The highest BCUT2D eigenvalue weighted by atomic mass is 19.4. The monoisotopic (exact) mass is 481 g/mol. The molecule has 2 aromatic rings. The highest BCUT2D eigenvalue weighted by Crippen LogP contribution is 2.52. The van der Waals surface area contributed by atoms with Gasteiger partial charge in [-0.3, -0.25) is 14.2 Å². The van der Waals surface area contributed by atoms with Gasteiger partial charge in [0.15, 0.2) is 5.65 Å². The van der Waals surface area contributed by atoms with Gasteiger partial charge >= 0.3 is 6.18 Å². The minimum absolute atomic E-state index is 0.0313. The summed E-state index contributed by atoms with van der Waals surface area (Å²) in [6, 6.07) is 0.285. The number of carbonyl (C=O) groups excluding carboxylic acids is 1. The molecule has 3 fully saturated rings. The lowest BCUT2D eigenvalue weighted by atomic mass is 9.65. The third-order valence-corrected chi connectivity index (χ3v) is 8.01. The summed E-state index contributed by atoms with van der Waals surface area (Å²) < 4.78 is 41.7. The Hall–Kier alpha value is -2.43. The molecule has 3 aliphatic rings. The first kappa shape index (κ1) is 23.3. The molecule has 1 saturated heterocycles. The van der Waals surface area contributed by atoms with E-state index < -0.39 is 35.4 Å². The molecule has 8 nitrogen and oxygen atoms in total. The second kappa shape index (κ2) is 8.07. The Kier molecular flexibility index (Phi) is 5.53. The lowest BCUT2D eigenvalue weighted by Gasteiger charge is -2.52. The summed E-state index contributed by atoms with van der Waals surface area (Å²) in [5, 5.41) is 16.6. The standard InChI is InChI=1S/C23H30F3N5O3/c1-15(10-23(24,25)26)19(32)29-9-8-22(34,21(12-29)6-2-3-7-21)13-30-14-27-18-17(20(30)33)11-28-31(18)16-4-5-16/h11,14-16,34H,2-10,12-13H2,1H3/t15-,22?/m1/s1. The summed E-state index contributed by atoms with van der Waals surface area (Å²) in [4.78, 5) is 31.9. The zero-order valence-corrected chi connectivity index (χ0v) is 19.2. The van der Waals surface area contributed by atoms with Crippen LogP contribution >= 0.6 is 0 Å². The van der Waals surface area contributed by atoms with Gasteiger partial charge in [-0.15, -0.1) is 0 Å². The molecule has 1 unspecified atom stereocenters. The van der Waals surface area contributed by atoms with Crippen molar-refractivity contribution in [3.8, 4) is 0 Å². The SMILES string of the molecule is C[C@H](CC(F)(F)F)C(=O)N1CCC(O)(Cn2cnc3c(cnn3C3CC3)c2=O)C2(CCCC2)C1. The van der Waals surface area contributed by atoms with Crippen LogP contribution < -0.4 is 5.56 Å². The highest BCUT2D eigenvalue weighted by Gasteiger charge is 2.56. The smallest absolute Gasteiger partial charge is 0.387 e. The summed E-state index contributed by atoms with van der Waals surface area (Å²) in [5.74, 6) is -1.69. The van der Waals surface area contributed by atoms with Gasteiger partial charge in [0.1, 0.15) is 11.7 Å². The quantitative estimate of drug-likeness (QED) is 0.709. The molecule has 5 rings (SSSR count). The van der Waals surface area contributed by atoms with Gasteiger partial charge in [-0.05, 0) is 32.1 Å². The molecule has 0 bridgehead atoms. The second-order valence-corrected chi connectivity index (χ2v) is 10.5. The molecule has 0 aromatic carbocycles. The van der Waals surface area contributed by atoms with Crippen LogP contribution in [0.15, 0.2) is 17.3 Å². The van der Waals surface area contributed by atoms with E-state index in [9.17, 15) is 27.9 Å². The number of likely N-dealkylation sites (tertiary alicyclic amines) is 1. The predicted octanol–water partition coefficient (Wildman–Crippen LogP) is 3.04. The number of carbonyl (C=O) groups is 1. The fourth-order valence-corrected chi connectivity index (χ4v) is 5.98. The maximum Gasteiger partial charge on any atom is 0.389 e. The summed E-state index contributed by atoms with van der Waals surface area (Å²) in [6.07, 6.45) is 2.69. The van der Waals surface area contributed by atoms with E-state index >= 15 is 0 Å². The number of hydrogen-bond donors (Lipinski definition) is 1. The van der Waals surface area contributed by atoms with E-state index in [1.54, 1.807) is 4.68 Å². The van der Waals surface area contributed by atoms with Gasteiger partial charge in [-0.2, -0.15) is 18.3 Å². The van der Waals surface area contributed by atoms with Crippen LogP contribution in [0.4, 0.5) is 13.2 Å². The zero-order chi connectivity index (χ0) is 24.3. The molecule has 2 saturated carbocycles. The fourth-order valence-electron chi connectivity index (χ4n) is 5.98. The normalized spacial score (nSPS) is 25.9. The molecule has 2 atom stereocenters. The number of amides is 1. The summed E-state index contributed by atoms with van der Waals surface area (Å²) in [5.41, 5.74) is -1.65. The lowest BCUT2D eigenvalue weighted by Crippen LogP contribution is -2.62. The predicted molar refractivity (Wildman–Crippen MR) is 117 cm³/mol. The summed E-state index contributed by atoms with van der Waals surface area (Å²) >= 11 is 0. The van der Waals surface area contributed by atoms with Crippen molar-refractivity contribution in [1.82, 2.24) is 24.2 Å². The molecule has 1 spiro atoms. The number of aliphatic hydroxyl groups is 1. The van der Waals surface area contributed by atoms with Crippen molar-refractivity contribution in [2.24, 2.45) is 11.3 Å². The average molecular weight is 482 g/mol. The largest absolute Gasteiger partial charge is 0.389 e. The minimum Gasteiger partial charge on any atom is -0.387 e. The molecule has 34 heavy (non-hydrogen) atoms. The van der Waals surface area contributed by atoms with Gasteiger partial charge < -0.3 is 10.0 Å². The second-order valence-electron chi connectivity index (χ2n) is 10.5. The van der Waals surface area contributed by atoms with Crippen LogP contribution in [-0.2, 0) is 11.3 Å². The number of rotatable bonds is 5. The van der Waals surface area contributed by atoms with Crippen LogP contribution in [-0.4, -0.2) is 60.1 Å². The molecule has 3 heterocycles. The number of alkyl halides is 3. The van der Waals surface area contributed by atoms with Crippen molar-refractivity contribution < 1.29 is 23.1 Å². The first-order valence-electron chi connectivity index (χ1n) is 12.0. The van der Waals surface area contributed by atoms with Crippen LogP contribution in [0.2, 0.25) is 0 Å². The van der Waals surface area contributed by atoms with Crippen molar-refractivity contribution in [2.45, 2.75) is 82.7 Å². The summed E-state index contributed by atoms with van der Waals surface area (Å²) in [6.45, 7) is 1.70. The van der Waals surface area contributed by atoms with E-state index in [4.69, 9.17) is 0 Å². The third kappa shape index (κ3) is 4.01. The Morgan fingerprint density at radius 3 is 2.62 bits per heavy atom. The van der Waals surface area contributed by atoms with Crippen LogP contribution in [0.1, 0.15) is 64.3 Å². The van der Waals surface area contributed by atoms with Crippen LogP contribution in [0.25, 0.3) is 11.0 Å². The van der Waals surface area contributed by atoms with Crippen molar-refractivity contribution in [3.63, 3.8) is 0 Å². The first-order chi connectivity index (χ1) is 16.0. The molecule has 186 valence electrons. The lowest BCUT2D eigenvalue weighted by molar-refractivity contribution is -0.172. The Morgan fingerprint density at radius 2 is 1.97 bits per heavy atom. The van der Waals surface area contributed by atoms with Crippen molar-refractivity contribution in [3.05, 3.63) is 22.9 Å². The summed E-state index contributed by atoms with van der Waals surface area (Å²) in [7, 11) is 0. The topological polar surface area (TPSA) is 93.2 Å². The van der Waals surface area contributed by atoms with Crippen LogP contribution in [0, 0.1) is 11.3 Å². The Morgan fingerprint density at radius 1 is 1.26 bits per heavy atom. The molecule has 1 aliphatic heterocycles. The molecular weight excluding hydrogens is 451 g/mol. The van der Waals surface area contributed by atoms with E-state index in [2.05, 4.69) is 10.1 Å². The number of halogens is 3. The minimum atomic E-state index is -4.41. The number of nitrogens with zero attached hydrogens (tertiary/aromatic N) is 5. The zero-order valence-electron chi connectivity index (χ0n) is 19.2. The van der Waals surface area contributed by atoms with Crippen molar-refractivity contribution >= 4 is 16.9 Å². The maximum atomic E-state index is 13.2. The van der Waals surface area contributed by atoms with E-state index in [1.807, 2.05) is 0 Å². The Bertz CT molecular complexity index is 1150. The number of piperidine rings is 1. The maximum absolute atomic E-state index is 13.2. The molecule has 11 heteroatoms. The molecular formula is C23H30F3N5O3.